The predicted octanol–water partition coefficient (Wildman–Crippen LogP) is 7.99. The molecule has 35 heteroatoms. The summed E-state index contributed by atoms with van der Waals surface area (Å²) in [6.07, 6.45) is 4.21. The largest absolute Gasteiger partial charge is 0.487 e. The number of ether oxygens (including phenoxy) is 2. The number of amides is 3. The van der Waals surface area contributed by atoms with Crippen molar-refractivity contribution in [2.24, 2.45) is 45.1 Å². The summed E-state index contributed by atoms with van der Waals surface area (Å²) < 4.78 is 127. The number of hydrogen-bond donors (Lipinski definition) is 13. The zero-order valence-electron chi connectivity index (χ0n) is 68.8. The summed E-state index contributed by atoms with van der Waals surface area (Å²) in [5.74, 6) is -6.10. The van der Waals surface area contributed by atoms with Gasteiger partial charge < -0.3 is 58.4 Å². The summed E-state index contributed by atoms with van der Waals surface area (Å²) in [4.78, 5) is 87.5. The lowest BCUT2D eigenvalue weighted by molar-refractivity contribution is -0.143. The number of nitrogen functional groups attached to an aromatic ring is 1. The molecular formula is C82H112N14O17S4. The number of nitrogens with one attached hydrogen (secondary N) is 9. The Morgan fingerprint density at radius 3 is 1.21 bits per heavy atom. The third kappa shape index (κ3) is 24.0. The van der Waals surface area contributed by atoms with E-state index in [0.717, 1.165) is 50.4 Å². The van der Waals surface area contributed by atoms with Crippen molar-refractivity contribution in [1.82, 2.24) is 29.5 Å². The first-order chi connectivity index (χ1) is 54.8. The smallest absolute Gasteiger partial charge is 0.326 e. The van der Waals surface area contributed by atoms with E-state index in [1.165, 1.54) is 24.3 Å². The molecule has 0 saturated heterocycles. The average Bonchev–Trinajstić information content (AvgIpc) is 1.64. The average molecular weight is 1690 g/mol. The number of carbonyl (C=O) groups is 6. The molecule has 31 nitrogen and oxygen atoms in total. The Kier molecular flexibility index (Phi) is 30.7. The van der Waals surface area contributed by atoms with E-state index in [1.54, 1.807) is 83.3 Å². The number of benzene rings is 6. The van der Waals surface area contributed by atoms with Crippen molar-refractivity contribution in [3.8, 4) is 11.5 Å². The summed E-state index contributed by atoms with van der Waals surface area (Å²) in [6, 6.07) is 24.7. The number of Topliss-reactive ketones (excluding diaryl/α,β-unsaturated/α-hetero) is 2. The van der Waals surface area contributed by atoms with Gasteiger partial charge in [0, 0.05) is 97.6 Å². The van der Waals surface area contributed by atoms with Crippen molar-refractivity contribution < 1.29 is 77.0 Å². The van der Waals surface area contributed by atoms with Crippen molar-refractivity contribution in [3.05, 3.63) is 153 Å². The van der Waals surface area contributed by atoms with Crippen LogP contribution in [0.3, 0.4) is 0 Å². The van der Waals surface area contributed by atoms with Crippen LogP contribution in [-0.2, 0) is 81.7 Å². The van der Waals surface area contributed by atoms with E-state index in [2.05, 4.69) is 55.5 Å². The van der Waals surface area contributed by atoms with Crippen LogP contribution >= 0.6 is 0 Å². The Bertz CT molecular complexity index is 5220. The first-order valence-electron chi connectivity index (χ1n) is 38.7. The second-order valence-corrected chi connectivity index (χ2v) is 38.0. The van der Waals surface area contributed by atoms with E-state index in [1.807, 2.05) is 86.7 Å². The van der Waals surface area contributed by atoms with Gasteiger partial charge in [-0.25, -0.2) is 57.4 Å². The molecule has 2 saturated carbocycles. The Balaban J connectivity index is 0.000000265. The number of ketones is 2. The molecule has 3 amide bonds. The normalized spacial score (nSPS) is 18.0. The molecule has 0 spiro atoms. The van der Waals surface area contributed by atoms with Crippen LogP contribution in [0.1, 0.15) is 148 Å². The van der Waals surface area contributed by atoms with Crippen LogP contribution in [0.5, 0.6) is 11.5 Å². The number of rotatable bonds is 31. The molecule has 117 heavy (non-hydrogen) atoms. The van der Waals surface area contributed by atoms with Gasteiger partial charge >= 0.3 is 5.97 Å². The fourth-order valence-corrected chi connectivity index (χ4v) is 20.0. The van der Waals surface area contributed by atoms with E-state index in [4.69, 9.17) is 26.7 Å². The Morgan fingerprint density at radius 2 is 0.829 bits per heavy atom. The van der Waals surface area contributed by atoms with Crippen LogP contribution in [0.25, 0.3) is 0 Å². The highest BCUT2D eigenvalue weighted by molar-refractivity contribution is 7.90. The number of carboxylic acids is 1. The number of carbonyl (C=O) groups excluding carboxylic acids is 5. The third-order valence-electron chi connectivity index (χ3n) is 21.4. The van der Waals surface area contributed by atoms with Gasteiger partial charge in [-0.15, -0.1) is 0 Å². The zero-order chi connectivity index (χ0) is 86.4. The number of sulfonamides is 4. The molecule has 636 valence electrons. The maximum atomic E-state index is 13.8. The molecular weight excluding hydrogens is 1580 g/mol. The SMILES string of the molecule is CNc1ccc(N)cc1.CNc1ccc(NC(=O)[C@H](CCCN=C(N)NS(=O)(=O)c2c(C)c(C)c3c(c2C)CC(C)(C)O3)NC(=O)[C@@H]2CCCC2C(=O)CNS(=O)(=O)c2ccc(C)cc2)cc1.Cc1ccc(S(=O)(=O)NCC(=O)C2CCC[C@H]2C(=O)N[C@@H](CCCN=C(N)NS(=O)(=O)c2c(C)c(C)c3c(c2C)CC(C)(C)O3)C(=O)O)cc1. The van der Waals surface area contributed by atoms with Gasteiger partial charge in [0.1, 0.15) is 34.8 Å². The van der Waals surface area contributed by atoms with Gasteiger partial charge in [-0.05, 0) is 241 Å². The van der Waals surface area contributed by atoms with Gasteiger partial charge in [0.05, 0.1) is 32.7 Å². The lowest BCUT2D eigenvalue weighted by Gasteiger charge is -2.23. The number of fused-ring (bicyclic) bond motifs is 2. The molecule has 0 aromatic heterocycles. The number of carboxylic acid groups (broad SMARTS) is 1. The monoisotopic (exact) mass is 1690 g/mol. The van der Waals surface area contributed by atoms with E-state index in [0.29, 0.717) is 90.8 Å². The maximum absolute atomic E-state index is 13.8. The van der Waals surface area contributed by atoms with Crippen molar-refractivity contribution >= 4 is 110 Å². The Hall–Kier alpha value is -10.2. The lowest BCUT2D eigenvalue weighted by Crippen LogP contribution is -2.48. The number of anilines is 4. The van der Waals surface area contributed by atoms with Crippen molar-refractivity contribution in [2.75, 3.05) is 62.0 Å². The molecule has 4 aliphatic rings. The number of aliphatic carboxylic acids is 1. The standard InChI is InChI=1S/C41H55N7O8S2.C34H47N5O9S2.C7H10N2/c1-24-13-19-30(20-14-24)57(52,53)45-23-35(49)31-10-8-11-32(31)38(50)47-34(39(51)46-29-17-15-28(43-7)16-18-29)12-9-21-44-40(42)48-58(54,55)37-26(3)25(2)36-33(27(37)4)22-41(5,6)56-36;1-19-12-14-23(15-13-19)49(44,45)37-18-28(40)24-9-7-10-25(24)31(41)38-27(32(42)43)11-8-16-36-33(35)39-50(46,47)30-21(3)20(2)29-26(22(30)4)17-34(5,6)48-29;1-9-7-4-2-6(8)3-5-7/h13-20,31-32,34,43,45H,8-12,21-23H2,1-7H3,(H,46,51)(H,47,50)(H3,42,44,48);12-15,24-25,27,37H,7-11,16-18H2,1-6H3,(H,38,41)(H,42,43)(H3,35,36,39);2-5,9H,8H2,1H3/t31?,32-,34+;24?,25-,27+;/m11./s1. The summed E-state index contributed by atoms with van der Waals surface area (Å²) in [6.45, 7) is 21.0. The van der Waals surface area contributed by atoms with Crippen LogP contribution < -0.4 is 72.1 Å². The van der Waals surface area contributed by atoms with Crippen LogP contribution in [0.2, 0.25) is 0 Å². The summed E-state index contributed by atoms with van der Waals surface area (Å²) in [5, 5.41) is 24.0. The third-order valence-corrected chi connectivity index (χ3v) is 27.5. The molecule has 2 unspecified atom stereocenters. The van der Waals surface area contributed by atoms with Crippen molar-refractivity contribution in [3.63, 3.8) is 0 Å². The van der Waals surface area contributed by atoms with Gasteiger partial charge in [0.25, 0.3) is 20.0 Å². The highest BCUT2D eigenvalue weighted by Gasteiger charge is 2.43. The topological polar surface area (TPSA) is 489 Å². The van der Waals surface area contributed by atoms with E-state index >= 15 is 0 Å². The molecule has 2 fully saturated rings. The first kappa shape index (κ1) is 92.3. The van der Waals surface area contributed by atoms with Crippen LogP contribution in [0.4, 0.5) is 22.7 Å². The maximum Gasteiger partial charge on any atom is 0.326 e. The second kappa shape index (κ2) is 38.9. The van der Waals surface area contributed by atoms with Gasteiger partial charge in [0.2, 0.25) is 49.7 Å². The predicted molar refractivity (Wildman–Crippen MR) is 451 cm³/mol. The number of aliphatic imine (C=N–C) groups is 2. The van der Waals surface area contributed by atoms with E-state index in [-0.39, 0.29) is 70.3 Å². The Labute approximate surface area is 686 Å². The van der Waals surface area contributed by atoms with Gasteiger partial charge in [-0.1, -0.05) is 48.2 Å². The van der Waals surface area contributed by atoms with E-state index < -0.39 is 135 Å². The summed E-state index contributed by atoms with van der Waals surface area (Å²) >= 11 is 0. The van der Waals surface area contributed by atoms with Crippen molar-refractivity contribution in [2.45, 2.75) is 203 Å². The number of guanidine groups is 2. The van der Waals surface area contributed by atoms with Gasteiger partial charge in [-0.2, -0.15) is 0 Å². The molecule has 2 heterocycles. The molecule has 16 N–H and O–H groups in total. The van der Waals surface area contributed by atoms with E-state index in [9.17, 15) is 67.5 Å². The molecule has 2 aliphatic carbocycles. The molecule has 6 aromatic carbocycles. The fourth-order valence-electron chi connectivity index (χ4n) is 14.9. The summed E-state index contributed by atoms with van der Waals surface area (Å²) in [5.41, 5.74) is 26.9. The zero-order valence-corrected chi connectivity index (χ0v) is 72.0. The van der Waals surface area contributed by atoms with Gasteiger partial charge in [-0.3, -0.25) is 34.0 Å². The Morgan fingerprint density at radius 1 is 0.479 bits per heavy atom. The minimum atomic E-state index is -4.13. The molecule has 0 radical (unpaired) electrons. The van der Waals surface area contributed by atoms with Crippen LogP contribution in [0.15, 0.2) is 127 Å². The van der Waals surface area contributed by atoms with Crippen LogP contribution in [-0.4, -0.2) is 150 Å². The molecule has 6 atom stereocenters. The molecule has 10 rings (SSSR count). The van der Waals surface area contributed by atoms with Gasteiger partial charge in [0.15, 0.2) is 11.6 Å². The van der Waals surface area contributed by atoms with Crippen LogP contribution in [0, 0.1) is 79.1 Å². The number of hydrogen-bond acceptors (Lipinski definition) is 21. The van der Waals surface area contributed by atoms with Crippen molar-refractivity contribution in [1.29, 1.82) is 0 Å². The summed E-state index contributed by atoms with van der Waals surface area (Å²) in [7, 11) is -12.5. The quantitative estimate of drug-likeness (QED) is 0.00848. The number of nitrogens with zero attached hydrogens (tertiary/aromatic N) is 2. The number of nitrogens with two attached hydrogens (primary N) is 3. The number of aryl methyl sites for hydroxylation is 2. The molecule has 6 aromatic rings. The minimum absolute atomic E-state index is 0.0171. The lowest BCUT2D eigenvalue weighted by atomic mass is 9.90. The molecule has 2 aliphatic heterocycles. The molecule has 0 bridgehead atoms. The minimum Gasteiger partial charge on any atom is -0.487 e. The second-order valence-electron chi connectivity index (χ2n) is 31.3. The highest BCUT2D eigenvalue weighted by atomic mass is 32.2. The highest BCUT2D eigenvalue weighted by Crippen LogP contribution is 2.46. The fraction of sp³-hybridized carbons (Fsp3) is 0.463. The first-order valence-corrected chi connectivity index (χ1v) is 44.6.